The Kier molecular flexibility index (Phi) is 4.91. The van der Waals surface area contributed by atoms with E-state index in [2.05, 4.69) is 12.1 Å². The molecular weight excluding hydrogens is 322 g/mol. The number of nitrogens with zero attached hydrogens (tertiary/aromatic N) is 1. The van der Waals surface area contributed by atoms with E-state index in [9.17, 15) is 4.79 Å². The minimum absolute atomic E-state index is 0.187. The largest absolute Gasteiger partial charge is 0.444 e. The second-order valence-corrected chi connectivity index (χ2v) is 8.20. The summed E-state index contributed by atoms with van der Waals surface area (Å²) in [6.45, 7) is 7.27. The molecule has 1 aliphatic carbocycles. The summed E-state index contributed by atoms with van der Waals surface area (Å²) in [6.07, 6.45) is 4.24. The molecule has 4 heteroatoms. The zero-order valence-electron chi connectivity index (χ0n) is 14.8. The predicted octanol–water partition coefficient (Wildman–Crippen LogP) is 5.53. The van der Waals surface area contributed by atoms with Crippen LogP contribution in [0.2, 0.25) is 5.02 Å². The number of ether oxygens (including phenoxy) is 1. The number of halogens is 1. The maximum absolute atomic E-state index is 12.2. The third kappa shape index (κ3) is 4.32. The van der Waals surface area contributed by atoms with E-state index >= 15 is 0 Å². The molecule has 24 heavy (non-hydrogen) atoms. The molecule has 0 bridgehead atoms. The van der Waals surface area contributed by atoms with Gasteiger partial charge in [-0.3, -0.25) is 0 Å². The van der Waals surface area contributed by atoms with Crippen LogP contribution in [-0.2, 0) is 4.74 Å². The predicted molar refractivity (Wildman–Crippen MR) is 98.1 cm³/mol. The molecule has 1 saturated carbocycles. The van der Waals surface area contributed by atoms with Crippen LogP contribution in [0.1, 0.15) is 52.0 Å². The fraction of sp³-hybridized carbons (Fsp3) is 0.550. The van der Waals surface area contributed by atoms with E-state index < -0.39 is 5.60 Å². The van der Waals surface area contributed by atoms with Crippen molar-refractivity contribution in [1.82, 2.24) is 4.90 Å². The Hall–Kier alpha value is -1.48. The highest BCUT2D eigenvalue weighted by atomic mass is 35.5. The number of allylic oxidation sites excluding steroid dienone is 2. The van der Waals surface area contributed by atoms with Gasteiger partial charge in [0.1, 0.15) is 5.60 Å². The lowest BCUT2D eigenvalue weighted by Gasteiger charge is -2.34. The molecule has 1 aliphatic heterocycles. The topological polar surface area (TPSA) is 29.5 Å². The van der Waals surface area contributed by atoms with Crippen molar-refractivity contribution in [3.05, 3.63) is 40.4 Å². The maximum atomic E-state index is 12.2. The monoisotopic (exact) mass is 347 g/mol. The third-order valence-electron chi connectivity index (χ3n) is 4.59. The van der Waals surface area contributed by atoms with Crippen molar-refractivity contribution in [3.8, 4) is 0 Å². The number of rotatable bonds is 2. The highest BCUT2D eigenvalue weighted by Gasteiger charge is 2.31. The molecular formula is C20H26ClNO2. The molecule has 0 N–H and O–H groups in total. The fourth-order valence-corrected chi connectivity index (χ4v) is 3.49. The molecule has 0 radical (unpaired) electrons. The van der Waals surface area contributed by atoms with Crippen LogP contribution in [-0.4, -0.2) is 29.7 Å². The summed E-state index contributed by atoms with van der Waals surface area (Å²) in [5.74, 6) is 0.530. The Labute approximate surface area is 149 Å². The molecule has 1 heterocycles. The molecule has 0 atom stereocenters. The summed E-state index contributed by atoms with van der Waals surface area (Å²) in [5.41, 5.74) is 3.93. The number of likely N-dealkylation sites (tertiary alicyclic amines) is 1. The maximum Gasteiger partial charge on any atom is 0.410 e. The van der Waals surface area contributed by atoms with Gasteiger partial charge in [0.05, 0.1) is 0 Å². The molecule has 1 aromatic rings. The van der Waals surface area contributed by atoms with Gasteiger partial charge in [-0.2, -0.15) is 0 Å². The Morgan fingerprint density at radius 1 is 1.12 bits per heavy atom. The van der Waals surface area contributed by atoms with E-state index in [4.69, 9.17) is 16.3 Å². The first-order valence-electron chi connectivity index (χ1n) is 8.79. The average Bonchev–Trinajstić information content (AvgIpc) is 3.33. The van der Waals surface area contributed by atoms with Gasteiger partial charge in [0.15, 0.2) is 0 Å². The van der Waals surface area contributed by atoms with Gasteiger partial charge in [-0.25, -0.2) is 4.79 Å². The summed E-state index contributed by atoms with van der Waals surface area (Å²) in [4.78, 5) is 14.1. The van der Waals surface area contributed by atoms with Gasteiger partial charge in [0.25, 0.3) is 0 Å². The smallest absolute Gasteiger partial charge is 0.410 e. The van der Waals surface area contributed by atoms with Crippen molar-refractivity contribution in [3.63, 3.8) is 0 Å². The molecule has 2 fully saturated rings. The molecule has 1 saturated heterocycles. The summed E-state index contributed by atoms with van der Waals surface area (Å²) in [5, 5.41) is 0.777. The summed E-state index contributed by atoms with van der Waals surface area (Å²) < 4.78 is 5.49. The second kappa shape index (κ2) is 6.79. The minimum Gasteiger partial charge on any atom is -0.444 e. The zero-order chi connectivity index (χ0) is 17.3. The molecule has 3 rings (SSSR count). The summed E-state index contributed by atoms with van der Waals surface area (Å²) in [6, 6.07) is 8.19. The number of benzene rings is 1. The molecule has 0 aromatic heterocycles. The van der Waals surface area contributed by atoms with Gasteiger partial charge in [-0.1, -0.05) is 29.3 Å². The van der Waals surface area contributed by atoms with Crippen molar-refractivity contribution < 1.29 is 9.53 Å². The lowest BCUT2D eigenvalue weighted by molar-refractivity contribution is 0.0199. The van der Waals surface area contributed by atoms with Gasteiger partial charge in [-0.15, -0.1) is 0 Å². The fourth-order valence-electron chi connectivity index (χ4n) is 3.37. The van der Waals surface area contributed by atoms with Crippen LogP contribution in [0.5, 0.6) is 0 Å². The van der Waals surface area contributed by atoms with Gasteiger partial charge in [0.2, 0.25) is 0 Å². The van der Waals surface area contributed by atoms with E-state index in [0.29, 0.717) is 5.92 Å². The third-order valence-corrected chi connectivity index (χ3v) is 4.84. The van der Waals surface area contributed by atoms with Gasteiger partial charge in [0, 0.05) is 18.1 Å². The first-order chi connectivity index (χ1) is 11.3. The number of amides is 1. The van der Waals surface area contributed by atoms with E-state index in [1.165, 1.54) is 24.0 Å². The summed E-state index contributed by atoms with van der Waals surface area (Å²) >= 11 is 6.03. The Morgan fingerprint density at radius 3 is 2.21 bits per heavy atom. The molecule has 1 amide bonds. The molecule has 1 aromatic carbocycles. The number of hydrogen-bond acceptors (Lipinski definition) is 2. The summed E-state index contributed by atoms with van der Waals surface area (Å²) in [7, 11) is 0. The number of carbonyl (C=O) groups excluding carboxylic acids is 1. The lowest BCUT2D eigenvalue weighted by atomic mass is 9.84. The number of hydrogen-bond donors (Lipinski definition) is 0. The van der Waals surface area contributed by atoms with Gasteiger partial charge >= 0.3 is 6.09 Å². The van der Waals surface area contributed by atoms with Crippen molar-refractivity contribution in [1.29, 1.82) is 0 Å². The quantitative estimate of drug-likeness (QED) is 0.703. The van der Waals surface area contributed by atoms with Crippen molar-refractivity contribution in [2.45, 2.75) is 52.1 Å². The zero-order valence-corrected chi connectivity index (χ0v) is 15.5. The molecule has 0 unspecified atom stereocenters. The Balaban J connectivity index is 1.66. The van der Waals surface area contributed by atoms with Gasteiger partial charge < -0.3 is 9.64 Å². The van der Waals surface area contributed by atoms with E-state index in [1.54, 1.807) is 5.57 Å². The van der Waals surface area contributed by atoms with Crippen LogP contribution < -0.4 is 0 Å². The van der Waals surface area contributed by atoms with Crippen LogP contribution in [0.25, 0.3) is 5.57 Å². The van der Waals surface area contributed by atoms with Crippen LogP contribution in [0.15, 0.2) is 29.8 Å². The van der Waals surface area contributed by atoms with Crippen LogP contribution >= 0.6 is 11.6 Å². The molecule has 2 aliphatic rings. The van der Waals surface area contributed by atoms with E-state index in [-0.39, 0.29) is 6.09 Å². The van der Waals surface area contributed by atoms with Gasteiger partial charge in [-0.05, 0) is 75.6 Å². The second-order valence-electron chi connectivity index (χ2n) is 7.77. The molecule has 0 spiro atoms. The highest BCUT2D eigenvalue weighted by Crippen LogP contribution is 2.43. The average molecular weight is 348 g/mol. The minimum atomic E-state index is -0.432. The van der Waals surface area contributed by atoms with Crippen molar-refractivity contribution in [2.75, 3.05) is 13.1 Å². The van der Waals surface area contributed by atoms with Crippen LogP contribution in [0, 0.1) is 5.92 Å². The lowest BCUT2D eigenvalue weighted by Crippen LogP contribution is -2.41. The van der Waals surface area contributed by atoms with Crippen LogP contribution in [0.3, 0.4) is 0 Å². The van der Waals surface area contributed by atoms with E-state index in [0.717, 1.165) is 31.0 Å². The number of piperidine rings is 1. The molecule has 3 nitrogen and oxygen atoms in total. The SMILES string of the molecule is CC(C)(C)OC(=O)N1CCC(C(=C2CC2)c2ccc(Cl)cc2)CC1. The van der Waals surface area contributed by atoms with Crippen LogP contribution in [0.4, 0.5) is 4.79 Å². The first kappa shape index (κ1) is 17.3. The standard InChI is InChI=1S/C20H26ClNO2/c1-20(2,3)24-19(23)22-12-10-16(11-13-22)18(14-4-5-14)15-6-8-17(21)9-7-15/h6-9,16H,4-5,10-13H2,1-3H3. The Bertz CT molecular complexity index is 629. The van der Waals surface area contributed by atoms with Crippen molar-refractivity contribution in [2.24, 2.45) is 5.92 Å². The Morgan fingerprint density at radius 2 is 1.71 bits per heavy atom. The number of carbonyl (C=O) groups is 1. The highest BCUT2D eigenvalue weighted by molar-refractivity contribution is 6.30. The van der Waals surface area contributed by atoms with E-state index in [1.807, 2.05) is 37.8 Å². The molecule has 130 valence electrons. The normalized spacial score (nSPS) is 18.5. The van der Waals surface area contributed by atoms with Crippen molar-refractivity contribution >= 4 is 23.3 Å². The first-order valence-corrected chi connectivity index (χ1v) is 9.17.